The Kier molecular flexibility index (Phi) is 4.08. The first-order chi connectivity index (χ1) is 9.64. The van der Waals surface area contributed by atoms with Gasteiger partial charge in [0.2, 0.25) is 10.0 Å². The summed E-state index contributed by atoms with van der Waals surface area (Å²) in [5, 5.41) is 8.96. The third-order valence-corrected chi connectivity index (χ3v) is 5.74. The maximum Gasteiger partial charge on any atom is 0.338 e. The first kappa shape index (κ1) is 15.9. The van der Waals surface area contributed by atoms with Gasteiger partial charge in [-0.2, -0.15) is 0 Å². The number of rotatable bonds is 5. The maximum absolute atomic E-state index is 13.7. The molecule has 1 fully saturated rings. The Morgan fingerprint density at radius 3 is 2.52 bits per heavy atom. The molecule has 1 aliphatic rings. The minimum Gasteiger partial charge on any atom is -0.478 e. The Balaban J connectivity index is 2.37. The number of aryl methyl sites for hydroxylation is 1. The number of carbonyl (C=O) groups is 1. The van der Waals surface area contributed by atoms with Gasteiger partial charge in [-0.25, -0.2) is 21.9 Å². The smallest absolute Gasteiger partial charge is 0.338 e. The topological polar surface area (TPSA) is 74.7 Å². The normalized spacial score (nSPS) is 21.6. The zero-order chi connectivity index (χ0) is 15.9. The predicted octanol–water partition coefficient (Wildman–Crippen LogP) is 2.11. The number of sulfonamides is 1. The summed E-state index contributed by atoms with van der Waals surface area (Å²) in [6.07, 6.45) is 0.989. The van der Waals surface area contributed by atoms with Crippen LogP contribution in [0.4, 0.5) is 4.39 Å². The number of halogens is 1. The monoisotopic (exact) mass is 315 g/mol. The van der Waals surface area contributed by atoms with Crippen LogP contribution in [0.1, 0.15) is 29.3 Å². The van der Waals surface area contributed by atoms with Gasteiger partial charge in [0.05, 0.1) is 10.5 Å². The van der Waals surface area contributed by atoms with Crippen molar-refractivity contribution in [1.82, 2.24) is 4.31 Å². The minimum atomic E-state index is -3.81. The molecule has 0 aliphatic heterocycles. The molecule has 0 saturated heterocycles. The van der Waals surface area contributed by atoms with Gasteiger partial charge in [-0.15, -0.1) is 0 Å². The van der Waals surface area contributed by atoms with E-state index in [1.54, 1.807) is 0 Å². The predicted molar refractivity (Wildman–Crippen MR) is 75.2 cm³/mol. The van der Waals surface area contributed by atoms with E-state index in [9.17, 15) is 17.6 Å². The summed E-state index contributed by atoms with van der Waals surface area (Å²) in [6.45, 7) is 3.79. The average molecular weight is 315 g/mol. The van der Waals surface area contributed by atoms with Crippen LogP contribution in [0.15, 0.2) is 17.0 Å². The number of carboxylic acid groups (broad SMARTS) is 1. The van der Waals surface area contributed by atoms with E-state index in [-0.39, 0.29) is 10.5 Å². The highest BCUT2D eigenvalue weighted by Crippen LogP contribution is 2.38. The number of benzene rings is 1. The van der Waals surface area contributed by atoms with E-state index in [1.807, 2.05) is 0 Å². The second-order valence-corrected chi connectivity index (χ2v) is 7.71. The van der Waals surface area contributed by atoms with Gasteiger partial charge < -0.3 is 5.11 Å². The van der Waals surface area contributed by atoms with Crippen molar-refractivity contribution in [1.29, 1.82) is 0 Å². The summed E-state index contributed by atoms with van der Waals surface area (Å²) in [5.41, 5.74) is -0.622. The highest BCUT2D eigenvalue weighted by molar-refractivity contribution is 7.89. The molecule has 1 aliphatic carbocycles. The van der Waals surface area contributed by atoms with Crippen molar-refractivity contribution in [3.05, 3.63) is 29.1 Å². The third-order valence-electron chi connectivity index (χ3n) is 3.93. The highest BCUT2D eigenvalue weighted by atomic mass is 32.2. The molecule has 7 heteroatoms. The molecule has 1 saturated carbocycles. The fraction of sp³-hybridized carbons (Fsp3) is 0.500. The van der Waals surface area contributed by atoms with E-state index in [1.165, 1.54) is 24.3 Å². The van der Waals surface area contributed by atoms with Crippen LogP contribution >= 0.6 is 0 Å². The van der Waals surface area contributed by atoms with Crippen LogP contribution < -0.4 is 0 Å². The molecule has 2 atom stereocenters. The Morgan fingerprint density at radius 2 is 2.05 bits per heavy atom. The molecule has 21 heavy (non-hydrogen) atoms. The molecule has 0 spiro atoms. The number of aromatic carboxylic acids is 1. The lowest BCUT2D eigenvalue weighted by atomic mass is 10.1. The van der Waals surface area contributed by atoms with E-state index in [4.69, 9.17) is 5.11 Å². The molecular formula is C14H18FNO4S. The van der Waals surface area contributed by atoms with Crippen LogP contribution in [0.2, 0.25) is 0 Å². The maximum atomic E-state index is 13.7. The van der Waals surface area contributed by atoms with Gasteiger partial charge in [-0.05, 0) is 42.9 Å². The molecule has 0 radical (unpaired) electrons. The van der Waals surface area contributed by atoms with Gasteiger partial charge in [-0.3, -0.25) is 0 Å². The van der Waals surface area contributed by atoms with Crippen LogP contribution in [-0.4, -0.2) is 37.4 Å². The average Bonchev–Trinajstić information content (AvgIpc) is 3.07. The zero-order valence-electron chi connectivity index (χ0n) is 12.1. The summed E-state index contributed by atoms with van der Waals surface area (Å²) in [4.78, 5) is 10.8. The van der Waals surface area contributed by atoms with Crippen LogP contribution in [-0.2, 0) is 10.0 Å². The van der Waals surface area contributed by atoms with Crippen molar-refractivity contribution in [3.63, 3.8) is 0 Å². The summed E-state index contributed by atoms with van der Waals surface area (Å²) >= 11 is 0. The lowest BCUT2D eigenvalue weighted by molar-refractivity contribution is 0.0691. The highest BCUT2D eigenvalue weighted by Gasteiger charge is 2.36. The number of nitrogens with zero attached hydrogens (tertiary/aromatic N) is 1. The SMILES string of the molecule is Cc1cc(S(=O)(=O)N(C)CC2CC2C)cc(C(=O)O)c1F. The van der Waals surface area contributed by atoms with Crippen LogP contribution in [0.3, 0.4) is 0 Å². The summed E-state index contributed by atoms with van der Waals surface area (Å²) < 4.78 is 39.8. The molecular weight excluding hydrogens is 297 g/mol. The molecule has 1 N–H and O–H groups in total. The van der Waals surface area contributed by atoms with E-state index in [2.05, 4.69) is 6.92 Å². The fourth-order valence-electron chi connectivity index (χ4n) is 2.30. The Bertz CT molecular complexity index is 686. The largest absolute Gasteiger partial charge is 0.478 e. The Morgan fingerprint density at radius 1 is 1.48 bits per heavy atom. The van der Waals surface area contributed by atoms with Crippen molar-refractivity contribution in [2.75, 3.05) is 13.6 Å². The van der Waals surface area contributed by atoms with Crippen molar-refractivity contribution in [2.45, 2.75) is 25.2 Å². The second kappa shape index (κ2) is 5.38. The van der Waals surface area contributed by atoms with E-state index in [0.717, 1.165) is 12.5 Å². The third kappa shape index (κ3) is 3.08. The first-order valence-electron chi connectivity index (χ1n) is 6.64. The molecule has 5 nitrogen and oxygen atoms in total. The fourth-order valence-corrected chi connectivity index (χ4v) is 3.64. The molecule has 0 amide bonds. The van der Waals surface area contributed by atoms with Gasteiger partial charge in [0, 0.05) is 13.6 Å². The van der Waals surface area contributed by atoms with Crippen molar-refractivity contribution in [2.24, 2.45) is 11.8 Å². The van der Waals surface area contributed by atoms with Gasteiger partial charge >= 0.3 is 5.97 Å². The quantitative estimate of drug-likeness (QED) is 0.903. The Hall–Kier alpha value is -1.47. The first-order valence-corrected chi connectivity index (χ1v) is 8.08. The van der Waals surface area contributed by atoms with Crippen LogP contribution in [0.5, 0.6) is 0 Å². The molecule has 1 aromatic carbocycles. The van der Waals surface area contributed by atoms with Gasteiger partial charge in [0.1, 0.15) is 5.82 Å². The van der Waals surface area contributed by atoms with Crippen molar-refractivity contribution < 1.29 is 22.7 Å². The standard InChI is InChI=1S/C14H18FNO4S/c1-8-4-10(8)7-16(3)21(19,20)11-5-9(2)13(15)12(6-11)14(17)18/h5-6,8,10H,4,7H2,1-3H3,(H,17,18). The number of hydrogen-bond acceptors (Lipinski definition) is 3. The molecule has 0 aromatic heterocycles. The lowest BCUT2D eigenvalue weighted by Gasteiger charge is -2.18. The minimum absolute atomic E-state index is 0.00154. The van der Waals surface area contributed by atoms with Crippen molar-refractivity contribution >= 4 is 16.0 Å². The number of carboxylic acids is 1. The van der Waals surface area contributed by atoms with Gasteiger partial charge in [-0.1, -0.05) is 6.92 Å². The van der Waals surface area contributed by atoms with E-state index in [0.29, 0.717) is 18.4 Å². The van der Waals surface area contributed by atoms with E-state index >= 15 is 0 Å². The summed E-state index contributed by atoms with van der Waals surface area (Å²) in [6, 6.07) is 2.05. The van der Waals surface area contributed by atoms with Crippen LogP contribution in [0.25, 0.3) is 0 Å². The van der Waals surface area contributed by atoms with E-state index < -0.39 is 27.4 Å². The molecule has 2 rings (SSSR count). The molecule has 1 aromatic rings. The molecule has 0 bridgehead atoms. The Labute approximate surface area is 123 Å². The van der Waals surface area contributed by atoms with Gasteiger partial charge in [0.25, 0.3) is 0 Å². The van der Waals surface area contributed by atoms with Crippen molar-refractivity contribution in [3.8, 4) is 0 Å². The summed E-state index contributed by atoms with van der Waals surface area (Å²) in [5.74, 6) is -1.54. The van der Waals surface area contributed by atoms with Gasteiger partial charge in [0.15, 0.2) is 0 Å². The molecule has 116 valence electrons. The zero-order valence-corrected chi connectivity index (χ0v) is 12.9. The molecule has 0 heterocycles. The van der Waals surface area contributed by atoms with Crippen LogP contribution in [0, 0.1) is 24.6 Å². The lowest BCUT2D eigenvalue weighted by Crippen LogP contribution is -2.29. The molecule has 2 unspecified atom stereocenters. The second-order valence-electron chi connectivity index (χ2n) is 5.67. The number of hydrogen-bond donors (Lipinski definition) is 1. The summed E-state index contributed by atoms with van der Waals surface area (Å²) in [7, 11) is -2.35.